The van der Waals surface area contributed by atoms with Crippen LogP contribution in [0.5, 0.6) is 0 Å². The predicted octanol–water partition coefficient (Wildman–Crippen LogP) is 2.85. The van der Waals surface area contributed by atoms with Crippen LogP contribution in [0.3, 0.4) is 0 Å². The van der Waals surface area contributed by atoms with E-state index < -0.39 is 0 Å². The summed E-state index contributed by atoms with van der Waals surface area (Å²) < 4.78 is 13.3. The van der Waals surface area contributed by atoms with Gasteiger partial charge in [0.15, 0.2) is 0 Å². The minimum absolute atomic E-state index is 0.147. The van der Waals surface area contributed by atoms with E-state index in [4.69, 9.17) is 0 Å². The van der Waals surface area contributed by atoms with Gasteiger partial charge in [0.2, 0.25) is 0 Å². The van der Waals surface area contributed by atoms with Crippen LogP contribution in [0.4, 0.5) is 10.1 Å². The molecule has 1 aliphatic carbocycles. The number of halogens is 1. The van der Waals surface area contributed by atoms with Gasteiger partial charge in [-0.2, -0.15) is 0 Å². The van der Waals surface area contributed by atoms with Crippen LogP contribution in [0.15, 0.2) is 18.2 Å². The second kappa shape index (κ2) is 4.83. The van der Waals surface area contributed by atoms with E-state index in [2.05, 4.69) is 5.32 Å². The Morgan fingerprint density at radius 1 is 1.25 bits per heavy atom. The van der Waals surface area contributed by atoms with Gasteiger partial charge in [0.05, 0.1) is 6.10 Å². The number of aliphatic hydroxyl groups excluding tert-OH is 1. The van der Waals surface area contributed by atoms with E-state index in [1.807, 2.05) is 6.07 Å². The van der Waals surface area contributed by atoms with Gasteiger partial charge >= 0.3 is 0 Å². The summed E-state index contributed by atoms with van der Waals surface area (Å²) >= 11 is 0. The lowest BCUT2D eigenvalue weighted by Crippen LogP contribution is -2.28. The zero-order chi connectivity index (χ0) is 11.5. The Bertz CT molecular complexity index is 359. The Kier molecular flexibility index (Phi) is 3.44. The Morgan fingerprint density at radius 3 is 2.62 bits per heavy atom. The van der Waals surface area contributed by atoms with E-state index in [9.17, 15) is 9.50 Å². The molecule has 0 saturated heterocycles. The Labute approximate surface area is 95.5 Å². The molecule has 0 spiro atoms. The number of rotatable bonds is 2. The zero-order valence-electron chi connectivity index (χ0n) is 9.54. The third-order valence-electron chi connectivity index (χ3n) is 3.32. The van der Waals surface area contributed by atoms with Gasteiger partial charge < -0.3 is 10.4 Å². The fourth-order valence-corrected chi connectivity index (χ4v) is 2.20. The number of hydrogen-bond donors (Lipinski definition) is 2. The maximum Gasteiger partial charge on any atom is 0.128 e. The van der Waals surface area contributed by atoms with Crippen molar-refractivity contribution in [1.82, 2.24) is 0 Å². The lowest BCUT2D eigenvalue weighted by Gasteiger charge is -2.27. The Hall–Kier alpha value is -1.09. The Morgan fingerprint density at radius 2 is 1.94 bits per heavy atom. The van der Waals surface area contributed by atoms with Gasteiger partial charge in [-0.25, -0.2) is 4.39 Å². The van der Waals surface area contributed by atoms with Gasteiger partial charge in [-0.15, -0.1) is 0 Å². The summed E-state index contributed by atoms with van der Waals surface area (Å²) in [7, 11) is 0. The first-order chi connectivity index (χ1) is 7.66. The first kappa shape index (κ1) is 11.4. The van der Waals surface area contributed by atoms with Gasteiger partial charge in [-0.05, 0) is 44.7 Å². The molecule has 0 unspecified atom stereocenters. The molecule has 0 aliphatic heterocycles. The molecule has 0 atom stereocenters. The van der Waals surface area contributed by atoms with Crippen LogP contribution in [0.2, 0.25) is 0 Å². The average molecular weight is 223 g/mol. The van der Waals surface area contributed by atoms with Crippen molar-refractivity contribution in [2.45, 2.75) is 44.8 Å². The molecule has 1 fully saturated rings. The van der Waals surface area contributed by atoms with Gasteiger partial charge in [-0.1, -0.05) is 6.07 Å². The summed E-state index contributed by atoms with van der Waals surface area (Å²) in [6.07, 6.45) is 3.44. The predicted molar refractivity (Wildman–Crippen MR) is 63.0 cm³/mol. The molecule has 1 aromatic rings. The zero-order valence-corrected chi connectivity index (χ0v) is 9.54. The van der Waals surface area contributed by atoms with Gasteiger partial charge in [-0.3, -0.25) is 0 Å². The van der Waals surface area contributed by atoms with Crippen molar-refractivity contribution in [3.63, 3.8) is 0 Å². The molecule has 0 heterocycles. The van der Waals surface area contributed by atoms with Crippen LogP contribution in [0.25, 0.3) is 0 Å². The summed E-state index contributed by atoms with van der Waals surface area (Å²) in [6.45, 7) is 1.79. The van der Waals surface area contributed by atoms with Crippen LogP contribution >= 0.6 is 0 Å². The molecule has 3 heteroatoms. The molecular weight excluding hydrogens is 205 g/mol. The van der Waals surface area contributed by atoms with Gasteiger partial charge in [0.25, 0.3) is 0 Å². The van der Waals surface area contributed by atoms with Crippen molar-refractivity contribution < 1.29 is 9.50 Å². The van der Waals surface area contributed by atoms with E-state index in [0.717, 1.165) is 31.4 Å². The quantitative estimate of drug-likeness (QED) is 0.808. The maximum atomic E-state index is 13.3. The normalized spacial score (nSPS) is 25.4. The third-order valence-corrected chi connectivity index (χ3v) is 3.32. The van der Waals surface area contributed by atoms with Gasteiger partial charge in [0.1, 0.15) is 5.82 Å². The number of benzene rings is 1. The standard InChI is InChI=1S/C13H18FNO/c1-9-12(14)3-2-4-13(9)15-10-5-7-11(16)8-6-10/h2-4,10-11,15-16H,5-8H2,1H3. The number of hydrogen-bond acceptors (Lipinski definition) is 2. The maximum absolute atomic E-state index is 13.3. The number of anilines is 1. The highest BCUT2D eigenvalue weighted by Gasteiger charge is 2.19. The number of aliphatic hydroxyl groups is 1. The molecule has 2 nitrogen and oxygen atoms in total. The third kappa shape index (κ3) is 2.53. The summed E-state index contributed by atoms with van der Waals surface area (Å²) in [5.41, 5.74) is 1.55. The molecule has 1 aromatic carbocycles. The van der Waals surface area contributed by atoms with Crippen molar-refractivity contribution >= 4 is 5.69 Å². The fraction of sp³-hybridized carbons (Fsp3) is 0.538. The Balaban J connectivity index is 2.01. The molecule has 0 aromatic heterocycles. The second-order valence-electron chi connectivity index (χ2n) is 4.56. The van der Waals surface area contributed by atoms with E-state index >= 15 is 0 Å². The van der Waals surface area contributed by atoms with E-state index in [-0.39, 0.29) is 11.9 Å². The SMILES string of the molecule is Cc1c(F)cccc1NC1CCC(O)CC1. The van der Waals surface area contributed by atoms with Crippen LogP contribution < -0.4 is 5.32 Å². The molecule has 1 aliphatic rings. The highest BCUT2D eigenvalue weighted by Crippen LogP contribution is 2.24. The average Bonchev–Trinajstić information content (AvgIpc) is 2.28. The molecule has 0 amide bonds. The minimum atomic E-state index is -0.166. The van der Waals surface area contributed by atoms with E-state index in [1.54, 1.807) is 13.0 Å². The van der Waals surface area contributed by atoms with Crippen molar-refractivity contribution in [3.05, 3.63) is 29.6 Å². The van der Waals surface area contributed by atoms with Crippen molar-refractivity contribution in [1.29, 1.82) is 0 Å². The fourth-order valence-electron chi connectivity index (χ4n) is 2.20. The summed E-state index contributed by atoms with van der Waals surface area (Å²) in [5, 5.41) is 12.8. The molecule has 0 radical (unpaired) electrons. The monoisotopic (exact) mass is 223 g/mol. The first-order valence-corrected chi connectivity index (χ1v) is 5.86. The summed E-state index contributed by atoms with van der Waals surface area (Å²) in [5.74, 6) is -0.166. The summed E-state index contributed by atoms with van der Waals surface area (Å²) in [4.78, 5) is 0. The van der Waals surface area contributed by atoms with Crippen LogP contribution in [-0.4, -0.2) is 17.3 Å². The smallest absolute Gasteiger partial charge is 0.128 e. The lowest BCUT2D eigenvalue weighted by atomic mass is 9.93. The van der Waals surface area contributed by atoms with E-state index in [1.165, 1.54) is 6.07 Å². The van der Waals surface area contributed by atoms with Crippen LogP contribution in [0, 0.1) is 12.7 Å². The molecule has 88 valence electrons. The van der Waals surface area contributed by atoms with Gasteiger partial charge in [0, 0.05) is 17.3 Å². The van der Waals surface area contributed by atoms with Crippen molar-refractivity contribution in [2.75, 3.05) is 5.32 Å². The molecular formula is C13H18FNO. The molecule has 2 N–H and O–H groups in total. The lowest BCUT2D eigenvalue weighted by molar-refractivity contribution is 0.126. The van der Waals surface area contributed by atoms with Crippen LogP contribution in [-0.2, 0) is 0 Å². The largest absolute Gasteiger partial charge is 0.393 e. The molecule has 1 saturated carbocycles. The minimum Gasteiger partial charge on any atom is -0.393 e. The molecule has 2 rings (SSSR count). The molecule has 16 heavy (non-hydrogen) atoms. The second-order valence-corrected chi connectivity index (χ2v) is 4.56. The first-order valence-electron chi connectivity index (χ1n) is 5.86. The summed E-state index contributed by atoms with van der Waals surface area (Å²) in [6, 6.07) is 5.47. The van der Waals surface area contributed by atoms with E-state index in [0.29, 0.717) is 11.6 Å². The van der Waals surface area contributed by atoms with Crippen LogP contribution in [0.1, 0.15) is 31.2 Å². The topological polar surface area (TPSA) is 32.3 Å². The number of nitrogens with one attached hydrogen (secondary N) is 1. The molecule has 0 bridgehead atoms. The van der Waals surface area contributed by atoms with Crippen molar-refractivity contribution in [3.8, 4) is 0 Å². The van der Waals surface area contributed by atoms with Crippen molar-refractivity contribution in [2.24, 2.45) is 0 Å². The highest BCUT2D eigenvalue weighted by atomic mass is 19.1. The highest BCUT2D eigenvalue weighted by molar-refractivity contribution is 5.51.